The van der Waals surface area contributed by atoms with E-state index in [9.17, 15) is 17.6 Å². The molecule has 0 spiro atoms. The van der Waals surface area contributed by atoms with Gasteiger partial charge in [0.15, 0.2) is 0 Å². The molecule has 20 heavy (non-hydrogen) atoms. The van der Waals surface area contributed by atoms with Gasteiger partial charge >= 0.3 is 6.18 Å². The third-order valence-corrected chi connectivity index (χ3v) is 2.66. The molecule has 0 aliphatic rings. The Kier molecular flexibility index (Phi) is 5.74. The van der Waals surface area contributed by atoms with Gasteiger partial charge in [-0.25, -0.2) is 9.37 Å². The number of aromatic nitrogens is 1. The lowest BCUT2D eigenvalue weighted by molar-refractivity contribution is -0.119. The first kappa shape index (κ1) is 16.7. The molecular formula is C13H19F4N3. The summed E-state index contributed by atoms with van der Waals surface area (Å²) in [4.78, 5) is 4.92. The molecular weight excluding hydrogens is 274 g/mol. The van der Waals surface area contributed by atoms with Crippen LogP contribution in [0.5, 0.6) is 0 Å². The zero-order valence-corrected chi connectivity index (χ0v) is 11.8. The SMILES string of the molecule is CCN(CC(F)(F)F)c1ncc(F)cc1CNC(C)C. The first-order valence-corrected chi connectivity index (χ1v) is 6.42. The average Bonchev–Trinajstić information content (AvgIpc) is 2.32. The largest absolute Gasteiger partial charge is 0.405 e. The standard InChI is InChI=1S/C13H19F4N3/c1-4-20(8-13(15,16)17)12-10(6-18-9(2)3)5-11(14)7-19-12/h5,7,9,18H,4,6,8H2,1-3H3. The fourth-order valence-corrected chi connectivity index (χ4v) is 1.76. The monoisotopic (exact) mass is 293 g/mol. The Labute approximate surface area is 116 Å². The first-order chi connectivity index (χ1) is 9.23. The number of hydrogen-bond acceptors (Lipinski definition) is 3. The normalized spacial score (nSPS) is 12.0. The van der Waals surface area contributed by atoms with Crippen LogP contribution >= 0.6 is 0 Å². The van der Waals surface area contributed by atoms with Crippen molar-refractivity contribution in [2.45, 2.75) is 39.5 Å². The fourth-order valence-electron chi connectivity index (χ4n) is 1.76. The Hall–Kier alpha value is -1.37. The van der Waals surface area contributed by atoms with Gasteiger partial charge in [-0.15, -0.1) is 0 Å². The van der Waals surface area contributed by atoms with Gasteiger partial charge in [-0.3, -0.25) is 0 Å². The van der Waals surface area contributed by atoms with E-state index >= 15 is 0 Å². The van der Waals surface area contributed by atoms with Gasteiger partial charge in [0.05, 0.1) is 6.20 Å². The zero-order valence-electron chi connectivity index (χ0n) is 11.8. The van der Waals surface area contributed by atoms with Gasteiger partial charge in [-0.2, -0.15) is 13.2 Å². The van der Waals surface area contributed by atoms with Crippen LogP contribution in [-0.2, 0) is 6.54 Å². The molecule has 0 bridgehead atoms. The van der Waals surface area contributed by atoms with E-state index in [0.29, 0.717) is 5.56 Å². The summed E-state index contributed by atoms with van der Waals surface area (Å²) in [6.45, 7) is 4.73. The highest BCUT2D eigenvalue weighted by Crippen LogP contribution is 2.24. The summed E-state index contributed by atoms with van der Waals surface area (Å²) in [6, 6.07) is 1.36. The number of pyridine rings is 1. The number of nitrogens with one attached hydrogen (secondary N) is 1. The van der Waals surface area contributed by atoms with Crippen molar-refractivity contribution in [1.29, 1.82) is 0 Å². The molecule has 1 rings (SSSR count). The Morgan fingerprint density at radius 3 is 2.50 bits per heavy atom. The number of hydrogen-bond donors (Lipinski definition) is 1. The second-order valence-corrected chi connectivity index (χ2v) is 4.80. The highest BCUT2D eigenvalue weighted by atomic mass is 19.4. The number of anilines is 1. The summed E-state index contributed by atoms with van der Waals surface area (Å²) in [7, 11) is 0. The van der Waals surface area contributed by atoms with Crippen LogP contribution in [0.1, 0.15) is 26.3 Å². The molecule has 0 atom stereocenters. The van der Waals surface area contributed by atoms with Gasteiger partial charge < -0.3 is 10.2 Å². The second kappa shape index (κ2) is 6.88. The lowest BCUT2D eigenvalue weighted by atomic mass is 10.2. The van der Waals surface area contributed by atoms with Crippen LogP contribution in [0.25, 0.3) is 0 Å². The molecule has 0 aliphatic heterocycles. The van der Waals surface area contributed by atoms with Gasteiger partial charge in [0.25, 0.3) is 0 Å². The van der Waals surface area contributed by atoms with E-state index in [1.54, 1.807) is 6.92 Å². The predicted octanol–water partition coefficient (Wildman–Crippen LogP) is 3.11. The minimum Gasteiger partial charge on any atom is -0.348 e. The molecule has 7 heteroatoms. The first-order valence-electron chi connectivity index (χ1n) is 6.42. The maximum atomic E-state index is 13.2. The van der Waals surface area contributed by atoms with Crippen LogP contribution in [0.4, 0.5) is 23.4 Å². The highest BCUT2D eigenvalue weighted by Gasteiger charge is 2.31. The van der Waals surface area contributed by atoms with Crippen molar-refractivity contribution in [3.8, 4) is 0 Å². The predicted molar refractivity (Wildman–Crippen MR) is 70.1 cm³/mol. The summed E-state index contributed by atoms with van der Waals surface area (Å²) in [5.74, 6) is -0.392. The van der Waals surface area contributed by atoms with Crippen molar-refractivity contribution < 1.29 is 17.6 Å². The maximum Gasteiger partial charge on any atom is 0.405 e. The average molecular weight is 293 g/mol. The van der Waals surface area contributed by atoms with Crippen molar-refractivity contribution in [3.05, 3.63) is 23.6 Å². The molecule has 0 fully saturated rings. The van der Waals surface area contributed by atoms with Gasteiger partial charge in [0.1, 0.15) is 18.2 Å². The van der Waals surface area contributed by atoms with Crippen molar-refractivity contribution in [2.24, 2.45) is 0 Å². The lowest BCUT2D eigenvalue weighted by Crippen LogP contribution is -2.36. The van der Waals surface area contributed by atoms with E-state index in [-0.39, 0.29) is 24.9 Å². The van der Waals surface area contributed by atoms with Gasteiger partial charge in [0, 0.05) is 24.7 Å². The van der Waals surface area contributed by atoms with Crippen molar-refractivity contribution in [3.63, 3.8) is 0 Å². The van der Waals surface area contributed by atoms with Crippen LogP contribution in [-0.4, -0.2) is 30.3 Å². The van der Waals surface area contributed by atoms with Crippen LogP contribution in [0.3, 0.4) is 0 Å². The van der Waals surface area contributed by atoms with Crippen molar-refractivity contribution >= 4 is 5.82 Å². The Bertz CT molecular complexity index is 432. The summed E-state index contributed by atoms with van der Waals surface area (Å²) in [6.07, 6.45) is -3.39. The Morgan fingerprint density at radius 1 is 1.35 bits per heavy atom. The van der Waals surface area contributed by atoms with Crippen molar-refractivity contribution in [1.82, 2.24) is 10.3 Å². The van der Waals surface area contributed by atoms with Crippen LogP contribution in [0, 0.1) is 5.82 Å². The Balaban J connectivity index is 3.01. The molecule has 0 saturated heterocycles. The van der Waals surface area contributed by atoms with Gasteiger partial charge in [-0.05, 0) is 13.0 Å². The van der Waals surface area contributed by atoms with E-state index < -0.39 is 18.5 Å². The fraction of sp³-hybridized carbons (Fsp3) is 0.615. The molecule has 0 aromatic carbocycles. The molecule has 1 aromatic rings. The molecule has 0 unspecified atom stereocenters. The summed E-state index contributed by atoms with van der Waals surface area (Å²) in [5, 5.41) is 3.06. The zero-order chi connectivity index (χ0) is 15.3. The molecule has 0 radical (unpaired) electrons. The van der Waals surface area contributed by atoms with E-state index in [0.717, 1.165) is 11.1 Å². The van der Waals surface area contributed by atoms with Crippen molar-refractivity contribution in [2.75, 3.05) is 18.0 Å². The topological polar surface area (TPSA) is 28.2 Å². The van der Waals surface area contributed by atoms with Gasteiger partial charge in [-0.1, -0.05) is 13.8 Å². The lowest BCUT2D eigenvalue weighted by Gasteiger charge is -2.25. The van der Waals surface area contributed by atoms with E-state index in [1.165, 1.54) is 6.07 Å². The number of halogens is 4. The minimum atomic E-state index is -4.32. The molecule has 0 saturated carbocycles. The van der Waals surface area contributed by atoms with Gasteiger partial charge in [0.2, 0.25) is 0 Å². The molecule has 1 aromatic heterocycles. The van der Waals surface area contributed by atoms with Crippen LogP contribution < -0.4 is 10.2 Å². The third kappa shape index (κ3) is 5.32. The molecule has 0 amide bonds. The number of rotatable bonds is 6. The quantitative estimate of drug-likeness (QED) is 0.817. The maximum absolute atomic E-state index is 13.2. The third-order valence-electron chi connectivity index (χ3n) is 2.66. The van der Waals surface area contributed by atoms with E-state index in [2.05, 4.69) is 10.3 Å². The molecule has 3 nitrogen and oxygen atoms in total. The second-order valence-electron chi connectivity index (χ2n) is 4.80. The minimum absolute atomic E-state index is 0.142. The van der Waals surface area contributed by atoms with Crippen LogP contribution in [0.15, 0.2) is 12.3 Å². The highest BCUT2D eigenvalue weighted by molar-refractivity contribution is 5.47. The van der Waals surface area contributed by atoms with E-state index in [4.69, 9.17) is 0 Å². The Morgan fingerprint density at radius 2 is 2.00 bits per heavy atom. The molecule has 1 N–H and O–H groups in total. The molecule has 0 aliphatic carbocycles. The molecule has 114 valence electrons. The summed E-state index contributed by atoms with van der Waals surface area (Å²) < 4.78 is 50.9. The van der Waals surface area contributed by atoms with E-state index in [1.807, 2.05) is 13.8 Å². The summed E-state index contributed by atoms with van der Waals surface area (Å²) >= 11 is 0. The number of alkyl halides is 3. The van der Waals surface area contributed by atoms with Crippen LogP contribution in [0.2, 0.25) is 0 Å². The smallest absolute Gasteiger partial charge is 0.348 e. The molecule has 1 heterocycles. The summed E-state index contributed by atoms with van der Waals surface area (Å²) in [5.41, 5.74) is 0.421. The number of nitrogens with zero attached hydrogens (tertiary/aromatic N) is 2.